The molecule has 4 aliphatic rings. The van der Waals surface area contributed by atoms with Crippen LogP contribution in [0.25, 0.3) is 0 Å². The van der Waals surface area contributed by atoms with Crippen LogP contribution in [0, 0.1) is 29.6 Å². The third-order valence-corrected chi connectivity index (χ3v) is 5.29. The van der Waals surface area contributed by atoms with E-state index in [-0.39, 0.29) is 0 Å². The highest BCUT2D eigenvalue weighted by molar-refractivity contribution is 4.98. The Kier molecular flexibility index (Phi) is 2.52. The van der Waals surface area contributed by atoms with Gasteiger partial charge in [0.05, 0.1) is 0 Å². The topological polar surface area (TPSA) is 15.3 Å². The van der Waals surface area contributed by atoms with Crippen molar-refractivity contribution >= 4 is 0 Å². The summed E-state index contributed by atoms with van der Waals surface area (Å²) in [5.41, 5.74) is 3.26. The maximum Gasteiger partial charge on any atom is 0.0161 e. The second kappa shape index (κ2) is 3.74. The second-order valence-corrected chi connectivity index (χ2v) is 6.20. The summed E-state index contributed by atoms with van der Waals surface area (Å²) >= 11 is 0. The van der Waals surface area contributed by atoms with Crippen molar-refractivity contribution in [2.45, 2.75) is 32.1 Å². The first-order valence-corrected chi connectivity index (χ1v) is 6.64. The maximum atomic E-state index is 3.26. The van der Waals surface area contributed by atoms with Crippen molar-refractivity contribution in [2.24, 2.45) is 29.6 Å². The Morgan fingerprint density at radius 2 is 1.53 bits per heavy atom. The van der Waals surface area contributed by atoms with E-state index in [0.717, 1.165) is 29.6 Å². The van der Waals surface area contributed by atoms with Crippen molar-refractivity contribution in [3.05, 3.63) is 0 Å². The molecule has 2 nitrogen and oxygen atoms in total. The van der Waals surface area contributed by atoms with Gasteiger partial charge in [0.2, 0.25) is 0 Å². The highest BCUT2D eigenvalue weighted by Gasteiger charge is 2.48. The fourth-order valence-corrected chi connectivity index (χ4v) is 4.74. The van der Waals surface area contributed by atoms with Gasteiger partial charge in [0.25, 0.3) is 0 Å². The van der Waals surface area contributed by atoms with Crippen LogP contribution in [0.3, 0.4) is 0 Å². The Bertz CT molecular complexity index is 211. The lowest BCUT2D eigenvalue weighted by Gasteiger charge is -2.55. The molecule has 0 saturated heterocycles. The highest BCUT2D eigenvalue weighted by Crippen LogP contribution is 2.56. The molecule has 4 aliphatic carbocycles. The van der Waals surface area contributed by atoms with Gasteiger partial charge in [0, 0.05) is 13.6 Å². The van der Waals surface area contributed by atoms with Crippen LogP contribution in [0.4, 0.5) is 0 Å². The van der Waals surface area contributed by atoms with E-state index < -0.39 is 0 Å². The molecule has 0 amide bonds. The first kappa shape index (κ1) is 10.1. The van der Waals surface area contributed by atoms with Crippen molar-refractivity contribution < 1.29 is 0 Å². The van der Waals surface area contributed by atoms with Gasteiger partial charge in [-0.3, -0.25) is 5.43 Å². The molecule has 0 heterocycles. The molecule has 4 bridgehead atoms. The van der Waals surface area contributed by atoms with E-state index in [9.17, 15) is 0 Å². The number of nitrogens with zero attached hydrogens (tertiary/aromatic N) is 1. The summed E-state index contributed by atoms with van der Waals surface area (Å²) in [7, 11) is 4.22. The zero-order valence-electron chi connectivity index (χ0n) is 10.1. The summed E-state index contributed by atoms with van der Waals surface area (Å²) in [4.78, 5) is 0. The van der Waals surface area contributed by atoms with Gasteiger partial charge in [-0.15, -0.1) is 0 Å². The van der Waals surface area contributed by atoms with Crippen LogP contribution < -0.4 is 5.43 Å². The fraction of sp³-hybridized carbons (Fsp3) is 1.00. The van der Waals surface area contributed by atoms with Gasteiger partial charge < -0.3 is 0 Å². The van der Waals surface area contributed by atoms with E-state index in [2.05, 4.69) is 17.5 Å². The Morgan fingerprint density at radius 1 is 1.00 bits per heavy atom. The Morgan fingerprint density at radius 3 is 2.00 bits per heavy atom. The number of hydrogen-bond donors (Lipinski definition) is 1. The minimum absolute atomic E-state index is 0.996. The number of rotatable bonds is 3. The van der Waals surface area contributed by atoms with Gasteiger partial charge in [0.15, 0.2) is 0 Å². The Labute approximate surface area is 93.4 Å². The lowest BCUT2D eigenvalue weighted by molar-refractivity contribution is -0.0505. The summed E-state index contributed by atoms with van der Waals surface area (Å²) in [5.74, 6) is 5.36. The summed E-state index contributed by atoms with van der Waals surface area (Å²) < 4.78 is 0. The third-order valence-electron chi connectivity index (χ3n) is 5.29. The third kappa shape index (κ3) is 1.72. The predicted molar refractivity (Wildman–Crippen MR) is 62.2 cm³/mol. The molecule has 0 aromatic rings. The summed E-state index contributed by atoms with van der Waals surface area (Å²) in [6, 6.07) is 0. The van der Waals surface area contributed by atoms with Gasteiger partial charge in [-0.05, 0) is 68.7 Å². The molecule has 0 atom stereocenters. The van der Waals surface area contributed by atoms with E-state index in [1.807, 2.05) is 7.05 Å². The number of nitrogens with one attached hydrogen (secondary N) is 1. The lowest BCUT2D eigenvalue weighted by Crippen LogP contribution is -2.50. The zero-order valence-corrected chi connectivity index (χ0v) is 10.1. The van der Waals surface area contributed by atoms with E-state index in [1.54, 1.807) is 32.1 Å². The van der Waals surface area contributed by atoms with Crippen molar-refractivity contribution in [3.63, 3.8) is 0 Å². The van der Waals surface area contributed by atoms with Crippen LogP contribution in [-0.4, -0.2) is 25.6 Å². The van der Waals surface area contributed by atoms with E-state index in [0.29, 0.717) is 0 Å². The average molecular weight is 208 g/mol. The molecule has 0 aliphatic heterocycles. The van der Waals surface area contributed by atoms with Crippen LogP contribution in [-0.2, 0) is 0 Å². The zero-order chi connectivity index (χ0) is 10.4. The molecule has 4 saturated carbocycles. The van der Waals surface area contributed by atoms with Crippen molar-refractivity contribution in [1.29, 1.82) is 0 Å². The molecule has 4 rings (SSSR count). The molecule has 1 N–H and O–H groups in total. The average Bonchev–Trinajstić information content (AvgIpc) is 2.22. The maximum absolute atomic E-state index is 3.26. The second-order valence-electron chi connectivity index (χ2n) is 6.20. The highest BCUT2D eigenvalue weighted by atomic mass is 15.5. The predicted octanol–water partition coefficient (Wildman–Crippen LogP) is 2.12. The fourth-order valence-electron chi connectivity index (χ4n) is 4.74. The normalized spacial score (nSPS) is 47.8. The van der Waals surface area contributed by atoms with Crippen LogP contribution in [0.1, 0.15) is 32.1 Å². The van der Waals surface area contributed by atoms with Crippen LogP contribution in [0.5, 0.6) is 0 Å². The molecule has 0 radical (unpaired) electrons. The van der Waals surface area contributed by atoms with Crippen molar-refractivity contribution in [1.82, 2.24) is 10.4 Å². The molecule has 2 heteroatoms. The molecule has 15 heavy (non-hydrogen) atoms. The van der Waals surface area contributed by atoms with Gasteiger partial charge in [-0.1, -0.05) is 0 Å². The standard InChI is InChI=1S/C13H24N2/c1-14-15(2)8-13-11-4-9-3-10(6-11)7-12(13)5-9/h9-14H,3-8H2,1-2H3. The first-order chi connectivity index (χ1) is 7.26. The minimum Gasteiger partial charge on any atom is -0.259 e. The van der Waals surface area contributed by atoms with Crippen molar-refractivity contribution in [3.8, 4) is 0 Å². The van der Waals surface area contributed by atoms with Gasteiger partial charge in [-0.2, -0.15) is 0 Å². The molecule has 0 aromatic carbocycles. The summed E-state index contributed by atoms with van der Waals surface area (Å²) in [6.45, 7) is 1.27. The largest absolute Gasteiger partial charge is 0.259 e. The lowest BCUT2D eigenvalue weighted by atomic mass is 9.52. The Balaban J connectivity index is 1.69. The van der Waals surface area contributed by atoms with Crippen LogP contribution in [0.2, 0.25) is 0 Å². The van der Waals surface area contributed by atoms with Gasteiger partial charge >= 0.3 is 0 Å². The molecule has 0 unspecified atom stereocenters. The SMILES string of the molecule is CNN(C)CC1C2CC3CC(C2)CC1C3. The molecule has 0 aromatic heterocycles. The van der Waals surface area contributed by atoms with Gasteiger partial charge in [0.1, 0.15) is 0 Å². The smallest absolute Gasteiger partial charge is 0.0161 e. The van der Waals surface area contributed by atoms with E-state index in [4.69, 9.17) is 0 Å². The minimum atomic E-state index is 0.996. The monoisotopic (exact) mass is 208 g/mol. The molecular weight excluding hydrogens is 184 g/mol. The van der Waals surface area contributed by atoms with Gasteiger partial charge in [-0.25, -0.2) is 5.01 Å². The van der Waals surface area contributed by atoms with Crippen molar-refractivity contribution in [2.75, 3.05) is 20.6 Å². The number of hydrazine groups is 1. The summed E-state index contributed by atoms with van der Waals surface area (Å²) in [5, 5.41) is 2.28. The molecular formula is C13H24N2. The number of hydrogen-bond acceptors (Lipinski definition) is 2. The molecule has 86 valence electrons. The van der Waals surface area contributed by atoms with E-state index in [1.165, 1.54) is 6.54 Å². The first-order valence-electron chi connectivity index (χ1n) is 6.64. The Hall–Kier alpha value is -0.0800. The molecule has 4 fully saturated rings. The van der Waals surface area contributed by atoms with Crippen LogP contribution >= 0.6 is 0 Å². The summed E-state index contributed by atoms with van der Waals surface area (Å²) in [6.07, 6.45) is 7.77. The van der Waals surface area contributed by atoms with Crippen LogP contribution in [0.15, 0.2) is 0 Å². The van der Waals surface area contributed by atoms with E-state index >= 15 is 0 Å². The quantitative estimate of drug-likeness (QED) is 0.715. The molecule has 0 spiro atoms.